The van der Waals surface area contributed by atoms with E-state index in [1.165, 1.54) is 4.57 Å². The zero-order chi connectivity index (χ0) is 30.9. The zero-order valence-corrected chi connectivity index (χ0v) is 26.7. The second kappa shape index (κ2) is 13.1. The lowest BCUT2D eigenvalue weighted by molar-refractivity contribution is 0.0511. The Bertz CT molecular complexity index is 1750. The van der Waals surface area contributed by atoms with Crippen molar-refractivity contribution in [3.05, 3.63) is 99.5 Å². The molecule has 0 saturated heterocycles. The van der Waals surface area contributed by atoms with Crippen molar-refractivity contribution in [2.24, 2.45) is 12.5 Å². The van der Waals surface area contributed by atoms with Crippen LogP contribution in [0.1, 0.15) is 55.7 Å². The first kappa shape index (κ1) is 32.6. The Morgan fingerprint density at radius 3 is 2.43 bits per heavy atom. The molecule has 0 aliphatic carbocycles. The van der Waals surface area contributed by atoms with E-state index in [-0.39, 0.29) is 42.9 Å². The highest BCUT2D eigenvalue weighted by molar-refractivity contribution is 7.86. The summed E-state index contributed by atoms with van der Waals surface area (Å²) in [6, 6.07) is 17.6. The highest BCUT2D eigenvalue weighted by atomic mass is 32.2. The zero-order valence-electron chi connectivity index (χ0n) is 25.9. The van der Waals surface area contributed by atoms with Crippen LogP contribution >= 0.6 is 0 Å². The molecule has 234 valence electrons. The predicted molar refractivity (Wildman–Crippen MR) is 174 cm³/mol. The van der Waals surface area contributed by atoms with Crippen LogP contribution in [0.25, 0.3) is 11.3 Å². The first-order chi connectivity index (χ1) is 20.4. The number of aryl methyl sites for hydroxylation is 3. The van der Waals surface area contributed by atoms with Crippen LogP contribution in [0.3, 0.4) is 0 Å². The molecule has 4 bridgehead atoms. The summed E-state index contributed by atoms with van der Waals surface area (Å²) in [7, 11) is -0.0736. The van der Waals surface area contributed by atoms with Crippen LogP contribution in [-0.2, 0) is 24.6 Å². The van der Waals surface area contributed by atoms with Crippen molar-refractivity contribution in [3.8, 4) is 17.1 Å². The molecule has 44 heavy (non-hydrogen) atoms. The summed E-state index contributed by atoms with van der Waals surface area (Å²) in [4.78, 5) is 38.7. The Morgan fingerprint density at radius 2 is 1.73 bits per heavy atom. The third kappa shape index (κ3) is 7.23. The number of rotatable bonds is 4. The Balaban J connectivity index is 0.00000276. The number of benzene rings is 2. The number of hydrogen-bond acceptors (Lipinski definition) is 6. The van der Waals surface area contributed by atoms with Gasteiger partial charge in [-0.15, -0.1) is 0 Å². The van der Waals surface area contributed by atoms with Crippen LogP contribution in [0.4, 0.5) is 5.95 Å². The molecular weight excluding hydrogens is 578 g/mol. The van der Waals surface area contributed by atoms with Crippen LogP contribution in [-0.4, -0.2) is 47.7 Å². The molecule has 11 heteroatoms. The predicted octanol–water partition coefficient (Wildman–Crippen LogP) is 4.85. The van der Waals surface area contributed by atoms with Gasteiger partial charge in [-0.2, -0.15) is 4.98 Å². The number of fused-ring (bicyclic) bond motifs is 4. The monoisotopic (exact) mass is 619 g/mol. The van der Waals surface area contributed by atoms with Crippen LogP contribution in [0, 0.1) is 19.3 Å². The Labute approximate surface area is 261 Å². The van der Waals surface area contributed by atoms with E-state index in [0.717, 1.165) is 16.7 Å². The first-order valence-electron chi connectivity index (χ1n) is 14.2. The molecule has 0 fully saturated rings. The molecule has 10 nitrogen and oxygen atoms in total. The van der Waals surface area contributed by atoms with Gasteiger partial charge in [-0.25, -0.2) is 9.19 Å². The summed E-state index contributed by atoms with van der Waals surface area (Å²) in [5, 5.41) is 0. The molecular formula is C33H41N5O5S. The highest BCUT2D eigenvalue weighted by Crippen LogP contribution is 2.31. The molecule has 0 spiro atoms. The lowest BCUT2D eigenvalue weighted by Crippen LogP contribution is -2.46. The SMILES string of the molecule is Cc1cccc(C)c1-c1cc2nc(n1)NS(=O)c1cccc(c1)C(=O)N(Cc1cccn(C)c1=O)[C@H](CC(C)(C)C)CO2.O.[HH]. The van der Waals surface area contributed by atoms with Gasteiger partial charge in [-0.05, 0) is 61.1 Å². The molecule has 1 aliphatic heterocycles. The summed E-state index contributed by atoms with van der Waals surface area (Å²) in [5.41, 5.74) is 4.16. The number of ether oxygens (including phenoxy) is 1. The van der Waals surface area contributed by atoms with Crippen molar-refractivity contribution < 1.29 is 20.6 Å². The first-order valence-corrected chi connectivity index (χ1v) is 15.4. The Morgan fingerprint density at radius 1 is 1.02 bits per heavy atom. The topological polar surface area (TPSA) is 138 Å². The van der Waals surface area contributed by atoms with Crippen LogP contribution in [0.5, 0.6) is 5.88 Å². The number of carbonyl (C=O) groups is 1. The van der Waals surface area contributed by atoms with Crippen molar-refractivity contribution >= 4 is 22.8 Å². The van der Waals surface area contributed by atoms with Crippen LogP contribution < -0.4 is 15.0 Å². The minimum atomic E-state index is -1.76. The summed E-state index contributed by atoms with van der Waals surface area (Å²) in [5.74, 6) is 0.164. The fourth-order valence-electron chi connectivity index (χ4n) is 5.42. The average Bonchev–Trinajstić information content (AvgIpc) is 2.95. The third-order valence-electron chi connectivity index (χ3n) is 7.44. The van der Waals surface area contributed by atoms with E-state index in [9.17, 15) is 13.8 Å². The van der Waals surface area contributed by atoms with Gasteiger partial charge in [-0.1, -0.05) is 51.1 Å². The summed E-state index contributed by atoms with van der Waals surface area (Å²) in [6.07, 6.45) is 2.28. The second-order valence-electron chi connectivity index (χ2n) is 12.2. The number of nitrogens with zero attached hydrogens (tertiary/aromatic N) is 4. The Hall–Kier alpha value is -4.35. The maximum absolute atomic E-state index is 14.2. The van der Waals surface area contributed by atoms with Gasteiger partial charge >= 0.3 is 0 Å². The molecule has 4 aromatic rings. The number of aromatic nitrogens is 3. The van der Waals surface area contributed by atoms with Gasteiger partial charge in [0.25, 0.3) is 11.5 Å². The molecule has 1 aliphatic rings. The number of carbonyl (C=O) groups excluding carboxylic acids is 1. The van der Waals surface area contributed by atoms with Crippen molar-refractivity contribution in [1.82, 2.24) is 19.4 Å². The van der Waals surface area contributed by atoms with Crippen LogP contribution in [0.2, 0.25) is 0 Å². The fraction of sp³-hybridized carbons (Fsp3) is 0.333. The van der Waals surface area contributed by atoms with E-state index in [0.29, 0.717) is 34.0 Å². The molecule has 2 atom stereocenters. The minimum absolute atomic E-state index is 0. The van der Waals surface area contributed by atoms with Gasteiger partial charge < -0.3 is 19.7 Å². The van der Waals surface area contributed by atoms with E-state index in [1.54, 1.807) is 60.6 Å². The highest BCUT2D eigenvalue weighted by Gasteiger charge is 2.31. The molecule has 2 aromatic heterocycles. The summed E-state index contributed by atoms with van der Waals surface area (Å²) in [6.45, 7) is 10.6. The minimum Gasteiger partial charge on any atom is -0.475 e. The van der Waals surface area contributed by atoms with E-state index in [2.05, 4.69) is 30.5 Å². The molecule has 1 amide bonds. The normalized spacial score (nSPS) is 16.9. The second-order valence-corrected chi connectivity index (χ2v) is 13.4. The molecule has 0 saturated carbocycles. The quantitative estimate of drug-likeness (QED) is 0.347. The summed E-state index contributed by atoms with van der Waals surface area (Å²) < 4.78 is 24.3. The van der Waals surface area contributed by atoms with Crippen molar-refractivity contribution in [2.45, 2.75) is 58.5 Å². The van der Waals surface area contributed by atoms with Gasteiger partial charge in [0.2, 0.25) is 11.8 Å². The van der Waals surface area contributed by atoms with E-state index in [4.69, 9.17) is 9.72 Å². The number of hydrogen-bond donors (Lipinski definition) is 1. The molecule has 3 heterocycles. The lowest BCUT2D eigenvalue weighted by Gasteiger charge is -2.35. The largest absolute Gasteiger partial charge is 0.475 e. The number of pyridine rings is 1. The molecule has 3 N–H and O–H groups in total. The summed E-state index contributed by atoms with van der Waals surface area (Å²) >= 11 is 0. The average molecular weight is 620 g/mol. The lowest BCUT2D eigenvalue weighted by atomic mass is 9.87. The van der Waals surface area contributed by atoms with Gasteiger partial charge in [0, 0.05) is 37.4 Å². The fourth-order valence-corrected chi connectivity index (χ4v) is 6.23. The standard InChI is InChI=1S/C33H37N5O4S.H2O.H2/c1-21-10-7-11-22(2)29(21)27-17-28-35-32(34-27)36-43(41)26-14-8-12-23(16-26)31(40)38(25(20-42-28)18-33(3,4)5)19-24-13-9-15-37(6)30(24)39;;/h7-17,25H,18-20H2,1-6H3,(H,34,35,36);1H2;1H/t25-,43?;;/m1../s1. The molecule has 5 rings (SSSR count). The van der Waals surface area contributed by atoms with Gasteiger partial charge in [0.05, 0.1) is 23.2 Å². The Kier molecular flexibility index (Phi) is 9.70. The van der Waals surface area contributed by atoms with Gasteiger partial charge in [-0.3, -0.25) is 14.3 Å². The number of amides is 1. The molecule has 0 radical (unpaired) electrons. The van der Waals surface area contributed by atoms with Crippen molar-refractivity contribution in [2.75, 3.05) is 11.3 Å². The van der Waals surface area contributed by atoms with Gasteiger partial charge in [0.1, 0.15) is 6.61 Å². The van der Waals surface area contributed by atoms with Crippen molar-refractivity contribution in [3.63, 3.8) is 0 Å². The van der Waals surface area contributed by atoms with Crippen molar-refractivity contribution in [1.29, 1.82) is 0 Å². The molecule has 2 aromatic carbocycles. The van der Waals surface area contributed by atoms with E-state index in [1.807, 2.05) is 32.0 Å². The van der Waals surface area contributed by atoms with Gasteiger partial charge in [0.15, 0.2) is 11.0 Å². The van der Waals surface area contributed by atoms with Crippen LogP contribution in [0.15, 0.2) is 76.6 Å². The van der Waals surface area contributed by atoms with E-state index < -0.39 is 17.0 Å². The third-order valence-corrected chi connectivity index (χ3v) is 8.49. The van der Waals surface area contributed by atoms with E-state index >= 15 is 0 Å². The number of anilines is 1. The smallest absolute Gasteiger partial charge is 0.255 e. The molecule has 1 unspecified atom stereocenters. The number of nitrogens with one attached hydrogen (secondary N) is 1. The maximum atomic E-state index is 14.2. The maximum Gasteiger partial charge on any atom is 0.255 e.